The van der Waals surface area contributed by atoms with E-state index in [1.165, 1.54) is 6.20 Å². The Morgan fingerprint density at radius 3 is 2.52 bits per heavy atom. The lowest BCUT2D eigenvalue weighted by molar-refractivity contribution is -0.109. The van der Waals surface area contributed by atoms with Gasteiger partial charge in [0.2, 0.25) is 0 Å². The first kappa shape index (κ1) is 19.8. The summed E-state index contributed by atoms with van der Waals surface area (Å²) >= 11 is 0. The number of hydrogen-bond donors (Lipinski definition) is 3. The van der Waals surface area contributed by atoms with Crippen molar-refractivity contribution in [1.82, 2.24) is 9.55 Å². The molecule has 0 amide bonds. The lowest BCUT2D eigenvalue weighted by Crippen LogP contribution is -2.38. The van der Waals surface area contributed by atoms with Crippen LogP contribution in [0.5, 0.6) is 0 Å². The number of ether oxygens (including phenoxy) is 1. The molecular weight excluding hydrogens is 331 g/mol. The summed E-state index contributed by atoms with van der Waals surface area (Å²) in [5.41, 5.74) is -1.20. The zero-order valence-corrected chi connectivity index (χ0v) is 13.9. The minimum atomic E-state index is -4.30. The van der Waals surface area contributed by atoms with E-state index in [2.05, 4.69) is 9.51 Å². The first-order valence-corrected chi connectivity index (χ1v) is 8.38. The third-order valence-electron chi connectivity index (χ3n) is 3.11. The number of phosphoric acid groups is 1. The molecular formula is C12H21N2O8P. The number of nitrogens with zero attached hydrogens (tertiary/aromatic N) is 1. The molecule has 0 saturated heterocycles. The van der Waals surface area contributed by atoms with Crippen LogP contribution in [-0.4, -0.2) is 45.5 Å². The van der Waals surface area contributed by atoms with Gasteiger partial charge in [-0.15, -0.1) is 0 Å². The maximum absolute atomic E-state index is 11.7. The number of hydrogen-bond acceptors (Lipinski definition) is 7. The summed E-state index contributed by atoms with van der Waals surface area (Å²) in [4.78, 5) is 34.2. The molecule has 1 heterocycles. The number of aliphatic hydroxyl groups excluding tert-OH is 1. The number of nitrogens with one attached hydrogen (secondary N) is 1. The van der Waals surface area contributed by atoms with Crippen LogP contribution in [0.25, 0.3) is 0 Å². The van der Waals surface area contributed by atoms with Gasteiger partial charge in [0.25, 0.3) is 5.56 Å². The maximum Gasteiger partial charge on any atom is 0.472 e. The zero-order valence-electron chi connectivity index (χ0n) is 13.0. The lowest BCUT2D eigenvalue weighted by Gasteiger charge is -2.29. The molecule has 0 radical (unpaired) electrons. The van der Waals surface area contributed by atoms with Gasteiger partial charge < -0.3 is 14.7 Å². The van der Waals surface area contributed by atoms with Crippen LogP contribution < -0.4 is 11.2 Å². The second-order valence-corrected chi connectivity index (χ2v) is 6.19. The minimum absolute atomic E-state index is 0.331. The van der Waals surface area contributed by atoms with Crippen molar-refractivity contribution >= 4 is 7.82 Å². The minimum Gasteiger partial charge on any atom is -0.394 e. The summed E-state index contributed by atoms with van der Waals surface area (Å²) in [7, 11) is -3.30. The van der Waals surface area contributed by atoms with E-state index in [1.807, 2.05) is 0 Å². The summed E-state index contributed by atoms with van der Waals surface area (Å²) in [6.45, 7) is 2.68. The number of aromatic nitrogens is 2. The molecule has 0 saturated carbocycles. The SMILES string of the molecule is CC[C@H](OC(C)n1ccc(=O)[nH]c1=O)C(CO)OP(=O)(O)OC. The van der Waals surface area contributed by atoms with Gasteiger partial charge in [0, 0.05) is 19.4 Å². The number of rotatable bonds is 9. The van der Waals surface area contributed by atoms with Gasteiger partial charge >= 0.3 is 13.5 Å². The molecule has 4 atom stereocenters. The van der Waals surface area contributed by atoms with Crippen molar-refractivity contribution in [3.8, 4) is 0 Å². The molecule has 0 spiro atoms. The van der Waals surface area contributed by atoms with E-state index in [9.17, 15) is 24.2 Å². The van der Waals surface area contributed by atoms with Gasteiger partial charge in [-0.1, -0.05) is 6.92 Å². The van der Waals surface area contributed by atoms with E-state index in [-0.39, 0.29) is 0 Å². The Hall–Kier alpha value is -1.29. The van der Waals surface area contributed by atoms with Crippen molar-refractivity contribution in [3.05, 3.63) is 33.1 Å². The molecule has 10 nitrogen and oxygen atoms in total. The highest BCUT2D eigenvalue weighted by Gasteiger charge is 2.31. The molecule has 3 unspecified atom stereocenters. The lowest BCUT2D eigenvalue weighted by atomic mass is 10.1. The Labute approximate surface area is 132 Å². The topological polar surface area (TPSA) is 140 Å². The fraction of sp³-hybridized carbons (Fsp3) is 0.667. The predicted octanol–water partition coefficient (Wildman–Crippen LogP) is -0.0254. The van der Waals surface area contributed by atoms with Crippen LogP contribution in [0.15, 0.2) is 21.9 Å². The van der Waals surface area contributed by atoms with Gasteiger partial charge in [-0.05, 0) is 13.3 Å². The Morgan fingerprint density at radius 2 is 2.04 bits per heavy atom. The molecule has 0 aliphatic carbocycles. The molecule has 3 N–H and O–H groups in total. The molecule has 1 aromatic heterocycles. The summed E-state index contributed by atoms with van der Waals surface area (Å²) in [5.74, 6) is 0. The number of phosphoric ester groups is 1. The van der Waals surface area contributed by atoms with Crippen molar-refractivity contribution in [1.29, 1.82) is 0 Å². The first-order chi connectivity index (χ1) is 10.7. The summed E-state index contributed by atoms with van der Waals surface area (Å²) in [6.07, 6.45) is -1.12. The Balaban J connectivity index is 2.90. The standard InChI is InChI=1S/C12H21N2O8P/c1-4-9(10(7-15)22-23(18,19)20-3)21-8(2)14-6-5-11(16)13-12(14)17/h5-6,8-10,15H,4,7H2,1-3H3,(H,18,19)(H,13,16,17)/t8?,9-,10?/m0/s1. The molecule has 0 bridgehead atoms. The predicted molar refractivity (Wildman–Crippen MR) is 80.0 cm³/mol. The summed E-state index contributed by atoms with van der Waals surface area (Å²) < 4.78 is 27.4. The fourth-order valence-corrected chi connectivity index (χ4v) is 2.54. The largest absolute Gasteiger partial charge is 0.472 e. The highest BCUT2D eigenvalue weighted by Crippen LogP contribution is 2.44. The Morgan fingerprint density at radius 1 is 1.39 bits per heavy atom. The molecule has 0 aromatic carbocycles. The summed E-state index contributed by atoms with van der Waals surface area (Å²) in [5, 5.41) is 9.35. The number of aliphatic hydroxyl groups is 1. The van der Waals surface area contributed by atoms with E-state index in [0.29, 0.717) is 6.42 Å². The smallest absolute Gasteiger partial charge is 0.394 e. The average molecular weight is 352 g/mol. The maximum atomic E-state index is 11.7. The molecule has 1 rings (SSSR count). The van der Waals surface area contributed by atoms with E-state index in [0.717, 1.165) is 17.7 Å². The van der Waals surface area contributed by atoms with Crippen LogP contribution in [0.1, 0.15) is 26.5 Å². The third kappa shape index (κ3) is 5.69. The van der Waals surface area contributed by atoms with Crippen LogP contribution in [0.2, 0.25) is 0 Å². The Bertz CT molecular complexity index is 657. The quantitative estimate of drug-likeness (QED) is 0.527. The molecule has 0 aliphatic rings. The Kier molecular flexibility index (Phi) is 7.33. The highest BCUT2D eigenvalue weighted by atomic mass is 31.2. The number of H-pyrrole nitrogens is 1. The van der Waals surface area contributed by atoms with Gasteiger partial charge in [0.15, 0.2) is 0 Å². The van der Waals surface area contributed by atoms with Crippen molar-refractivity contribution in [2.75, 3.05) is 13.7 Å². The van der Waals surface area contributed by atoms with Crippen molar-refractivity contribution in [2.45, 2.75) is 38.7 Å². The van der Waals surface area contributed by atoms with Crippen molar-refractivity contribution < 1.29 is 28.3 Å². The molecule has 132 valence electrons. The van der Waals surface area contributed by atoms with E-state index < -0.39 is 44.1 Å². The fourth-order valence-electron chi connectivity index (χ4n) is 1.91. The molecule has 0 fully saturated rings. The van der Waals surface area contributed by atoms with Gasteiger partial charge in [-0.3, -0.25) is 23.4 Å². The van der Waals surface area contributed by atoms with E-state index >= 15 is 0 Å². The van der Waals surface area contributed by atoms with Crippen LogP contribution in [0.4, 0.5) is 0 Å². The average Bonchev–Trinajstić information content (AvgIpc) is 2.50. The molecule has 0 aliphatic heterocycles. The van der Waals surface area contributed by atoms with E-state index in [1.54, 1.807) is 13.8 Å². The molecule has 11 heteroatoms. The second-order valence-electron chi connectivity index (χ2n) is 4.68. The normalized spacial score (nSPS) is 18.1. The monoisotopic (exact) mass is 352 g/mol. The van der Waals surface area contributed by atoms with Gasteiger partial charge in [-0.2, -0.15) is 0 Å². The molecule has 1 aromatic rings. The zero-order chi connectivity index (χ0) is 17.6. The highest BCUT2D eigenvalue weighted by molar-refractivity contribution is 7.47. The summed E-state index contributed by atoms with van der Waals surface area (Å²) in [6, 6.07) is 1.16. The van der Waals surface area contributed by atoms with Crippen LogP contribution in [0, 0.1) is 0 Å². The van der Waals surface area contributed by atoms with Crippen LogP contribution >= 0.6 is 7.82 Å². The second kappa shape index (κ2) is 8.53. The van der Waals surface area contributed by atoms with Crippen molar-refractivity contribution in [2.24, 2.45) is 0 Å². The van der Waals surface area contributed by atoms with Crippen molar-refractivity contribution in [3.63, 3.8) is 0 Å². The number of aromatic amines is 1. The van der Waals surface area contributed by atoms with Crippen LogP contribution in [-0.2, 0) is 18.3 Å². The molecule has 23 heavy (non-hydrogen) atoms. The van der Waals surface area contributed by atoms with E-state index in [4.69, 9.17) is 9.26 Å². The van der Waals surface area contributed by atoms with Gasteiger partial charge in [0.1, 0.15) is 12.3 Å². The van der Waals surface area contributed by atoms with Gasteiger partial charge in [-0.25, -0.2) is 9.36 Å². The first-order valence-electron chi connectivity index (χ1n) is 6.88. The van der Waals surface area contributed by atoms with Crippen LogP contribution in [0.3, 0.4) is 0 Å². The van der Waals surface area contributed by atoms with Gasteiger partial charge in [0.05, 0.1) is 12.7 Å². The third-order valence-corrected chi connectivity index (χ3v) is 4.11.